The minimum Gasteiger partial charge on any atom is -0.376 e. The molecule has 5 rings (SSSR count). The van der Waals surface area contributed by atoms with Crippen LogP contribution in [0.4, 0.5) is 0 Å². The van der Waals surface area contributed by atoms with Crippen LogP contribution in [0.5, 0.6) is 0 Å². The highest BCUT2D eigenvalue weighted by molar-refractivity contribution is 7.15. The quantitative estimate of drug-likeness (QED) is 0.325. The van der Waals surface area contributed by atoms with Crippen molar-refractivity contribution in [1.29, 1.82) is 0 Å². The third-order valence-electron chi connectivity index (χ3n) is 6.61. The molecule has 2 aromatic carbocycles. The minimum absolute atomic E-state index is 0.0793. The number of hydrogen-bond acceptors (Lipinski definition) is 4. The maximum absolute atomic E-state index is 13.4. The predicted octanol–water partition coefficient (Wildman–Crippen LogP) is 5.80. The van der Waals surface area contributed by atoms with Crippen molar-refractivity contribution in [2.45, 2.75) is 45.6 Å². The van der Waals surface area contributed by atoms with E-state index in [1.807, 2.05) is 17.0 Å². The zero-order valence-electron chi connectivity index (χ0n) is 19.9. The summed E-state index contributed by atoms with van der Waals surface area (Å²) < 4.78 is 8.04. The summed E-state index contributed by atoms with van der Waals surface area (Å²) in [5, 5.41) is 2.16. The second-order valence-electron chi connectivity index (χ2n) is 9.06. The molecular formula is C28H31N3O2S. The normalized spacial score (nSPS) is 15.8. The summed E-state index contributed by atoms with van der Waals surface area (Å²) in [5.41, 5.74) is 6.51. The highest BCUT2D eigenvalue weighted by Crippen LogP contribution is 2.25. The van der Waals surface area contributed by atoms with Crippen LogP contribution >= 0.6 is 11.3 Å². The molecule has 0 bridgehead atoms. The number of benzene rings is 2. The van der Waals surface area contributed by atoms with Gasteiger partial charge in [0.1, 0.15) is 0 Å². The molecular weight excluding hydrogens is 442 g/mol. The highest BCUT2D eigenvalue weighted by Gasteiger charge is 2.24. The third-order valence-corrected chi connectivity index (χ3v) is 7.50. The van der Waals surface area contributed by atoms with E-state index in [2.05, 4.69) is 66.2 Å². The Labute approximate surface area is 205 Å². The molecule has 6 heteroatoms. The van der Waals surface area contributed by atoms with Gasteiger partial charge >= 0.3 is 0 Å². The lowest BCUT2D eigenvalue weighted by atomic mass is 10.1. The number of fused-ring (bicyclic) bond motifs is 1. The lowest BCUT2D eigenvalue weighted by Crippen LogP contribution is -2.38. The van der Waals surface area contributed by atoms with E-state index in [-0.39, 0.29) is 12.0 Å². The van der Waals surface area contributed by atoms with Crippen LogP contribution in [0.25, 0.3) is 16.2 Å². The maximum atomic E-state index is 13.4. The average molecular weight is 474 g/mol. The Morgan fingerprint density at radius 1 is 1.18 bits per heavy atom. The number of aryl methyl sites for hydroxylation is 2. The minimum atomic E-state index is 0.0793. The molecule has 0 N–H and O–H groups in total. The van der Waals surface area contributed by atoms with E-state index >= 15 is 0 Å². The van der Waals surface area contributed by atoms with Gasteiger partial charge in [0.2, 0.25) is 0 Å². The third kappa shape index (κ3) is 4.93. The Bertz CT molecular complexity index is 1250. The van der Waals surface area contributed by atoms with Gasteiger partial charge in [0.05, 0.1) is 11.8 Å². The van der Waals surface area contributed by atoms with Crippen LogP contribution < -0.4 is 0 Å². The van der Waals surface area contributed by atoms with E-state index in [1.165, 1.54) is 16.8 Å². The van der Waals surface area contributed by atoms with Gasteiger partial charge in [-0.15, -0.1) is 11.3 Å². The molecule has 2 aromatic heterocycles. The lowest BCUT2D eigenvalue weighted by molar-refractivity contribution is 0.0528. The number of rotatable bonds is 8. The van der Waals surface area contributed by atoms with Gasteiger partial charge in [-0.05, 0) is 43.9 Å². The Kier molecular flexibility index (Phi) is 6.79. The van der Waals surface area contributed by atoms with E-state index in [4.69, 9.17) is 9.72 Å². The second kappa shape index (κ2) is 10.1. The van der Waals surface area contributed by atoms with Gasteiger partial charge in [-0.25, -0.2) is 4.98 Å². The van der Waals surface area contributed by atoms with Crippen LogP contribution in [-0.4, -0.2) is 46.0 Å². The number of imidazole rings is 1. The summed E-state index contributed by atoms with van der Waals surface area (Å²) in [6.07, 6.45) is 6.07. The van der Waals surface area contributed by atoms with Gasteiger partial charge in [0.15, 0.2) is 4.96 Å². The van der Waals surface area contributed by atoms with E-state index in [1.54, 1.807) is 11.3 Å². The fourth-order valence-corrected chi connectivity index (χ4v) is 5.40. The zero-order valence-corrected chi connectivity index (χ0v) is 20.7. The van der Waals surface area contributed by atoms with Gasteiger partial charge < -0.3 is 9.64 Å². The molecule has 1 fully saturated rings. The molecule has 176 valence electrons. The molecule has 1 saturated heterocycles. The number of hydrogen-bond donors (Lipinski definition) is 0. The molecule has 3 heterocycles. The molecule has 1 aliphatic heterocycles. The van der Waals surface area contributed by atoms with Crippen molar-refractivity contribution in [2.75, 3.05) is 19.7 Å². The van der Waals surface area contributed by atoms with Crippen molar-refractivity contribution in [3.63, 3.8) is 0 Å². The summed E-state index contributed by atoms with van der Waals surface area (Å²) in [4.78, 5) is 21.2. The first-order valence-electron chi connectivity index (χ1n) is 12.1. The van der Waals surface area contributed by atoms with Crippen LogP contribution in [0.1, 0.15) is 46.9 Å². The topological polar surface area (TPSA) is 46.8 Å². The smallest absolute Gasteiger partial charge is 0.253 e. The maximum Gasteiger partial charge on any atom is 0.253 e. The summed E-state index contributed by atoms with van der Waals surface area (Å²) in [6.45, 7) is 6.30. The van der Waals surface area contributed by atoms with Crippen molar-refractivity contribution >= 4 is 22.2 Å². The van der Waals surface area contributed by atoms with Gasteiger partial charge in [-0.3, -0.25) is 9.20 Å². The molecule has 5 nitrogen and oxygen atoms in total. The van der Waals surface area contributed by atoms with E-state index in [0.29, 0.717) is 13.1 Å². The summed E-state index contributed by atoms with van der Waals surface area (Å²) >= 11 is 1.65. The van der Waals surface area contributed by atoms with E-state index in [0.717, 1.165) is 54.1 Å². The zero-order chi connectivity index (χ0) is 23.5. The Morgan fingerprint density at radius 2 is 1.97 bits per heavy atom. The number of thiazole rings is 1. The number of ether oxygens (including phenoxy) is 1. The Balaban J connectivity index is 1.34. The van der Waals surface area contributed by atoms with Gasteiger partial charge in [0.25, 0.3) is 5.91 Å². The van der Waals surface area contributed by atoms with Crippen LogP contribution in [0, 0.1) is 6.92 Å². The summed E-state index contributed by atoms with van der Waals surface area (Å²) in [6, 6.07) is 16.5. The predicted molar refractivity (Wildman–Crippen MR) is 138 cm³/mol. The van der Waals surface area contributed by atoms with Gasteiger partial charge in [-0.1, -0.05) is 48.9 Å². The lowest BCUT2D eigenvalue weighted by Gasteiger charge is -2.25. The Hall–Kier alpha value is -2.96. The van der Waals surface area contributed by atoms with Crippen molar-refractivity contribution in [2.24, 2.45) is 0 Å². The number of nitrogens with zero attached hydrogens (tertiary/aromatic N) is 3. The monoisotopic (exact) mass is 473 g/mol. The Morgan fingerprint density at radius 3 is 2.68 bits per heavy atom. The van der Waals surface area contributed by atoms with Gasteiger partial charge in [0, 0.05) is 54.5 Å². The fraction of sp³-hybridized carbons (Fsp3) is 0.357. The first kappa shape index (κ1) is 22.8. The van der Waals surface area contributed by atoms with Crippen molar-refractivity contribution in [3.05, 3.63) is 82.5 Å². The van der Waals surface area contributed by atoms with Crippen LogP contribution in [0.15, 0.2) is 60.1 Å². The highest BCUT2D eigenvalue weighted by atomic mass is 32.1. The van der Waals surface area contributed by atoms with E-state index < -0.39 is 0 Å². The molecule has 34 heavy (non-hydrogen) atoms. The molecule has 1 atom stereocenters. The number of carbonyl (C=O) groups is 1. The molecule has 0 radical (unpaired) electrons. The van der Waals surface area contributed by atoms with Crippen LogP contribution in [0.2, 0.25) is 0 Å². The molecule has 1 unspecified atom stereocenters. The van der Waals surface area contributed by atoms with E-state index in [9.17, 15) is 4.79 Å². The molecule has 0 aliphatic carbocycles. The first-order valence-corrected chi connectivity index (χ1v) is 13.0. The van der Waals surface area contributed by atoms with Crippen molar-refractivity contribution in [1.82, 2.24) is 14.3 Å². The standard InChI is InChI=1S/C28H31N3O2S/c1-3-21-8-12-23(13-9-21)27(32)30(17-25-5-4-16-33-25)15-14-24-19-34-28-29-26(18-31(24)28)22-10-6-20(2)7-11-22/h6-13,18-19,25H,3-5,14-17H2,1-2H3. The van der Waals surface area contributed by atoms with Crippen molar-refractivity contribution < 1.29 is 9.53 Å². The fourth-order valence-electron chi connectivity index (χ4n) is 4.50. The average Bonchev–Trinajstić information content (AvgIpc) is 3.60. The van der Waals surface area contributed by atoms with Crippen LogP contribution in [-0.2, 0) is 17.6 Å². The van der Waals surface area contributed by atoms with Crippen LogP contribution in [0.3, 0.4) is 0 Å². The molecule has 0 saturated carbocycles. The van der Waals surface area contributed by atoms with Gasteiger partial charge in [-0.2, -0.15) is 0 Å². The molecule has 0 spiro atoms. The molecule has 1 aliphatic rings. The first-order chi connectivity index (χ1) is 16.6. The summed E-state index contributed by atoms with van der Waals surface area (Å²) in [7, 11) is 0. The summed E-state index contributed by atoms with van der Waals surface area (Å²) in [5.74, 6) is 0.0793. The number of aromatic nitrogens is 2. The number of carbonyl (C=O) groups excluding carboxylic acids is 1. The second-order valence-corrected chi connectivity index (χ2v) is 9.90. The molecule has 1 amide bonds. The van der Waals surface area contributed by atoms with Crippen molar-refractivity contribution in [3.8, 4) is 11.3 Å². The SMILES string of the molecule is CCc1ccc(C(=O)N(CCc2csc3nc(-c4ccc(C)cc4)cn23)CC2CCCO2)cc1. The largest absolute Gasteiger partial charge is 0.376 e. The molecule has 4 aromatic rings. The number of amides is 1.